The third kappa shape index (κ3) is 2.75. The zero-order valence-electron chi connectivity index (χ0n) is 10.4. The molecule has 0 bridgehead atoms. The van der Waals surface area contributed by atoms with Crippen molar-refractivity contribution in [3.63, 3.8) is 0 Å². The number of oxime groups is 1. The molecule has 4 N–H and O–H groups in total. The fourth-order valence-corrected chi connectivity index (χ4v) is 2.29. The molecule has 0 atom stereocenters. The van der Waals surface area contributed by atoms with E-state index in [2.05, 4.69) is 15.5 Å². The lowest BCUT2D eigenvalue weighted by molar-refractivity contribution is 0.102. The lowest BCUT2D eigenvalue weighted by Gasteiger charge is -2.09. The second kappa shape index (κ2) is 5.66. The highest BCUT2D eigenvalue weighted by molar-refractivity contribution is 7.12. The fourth-order valence-electron chi connectivity index (χ4n) is 1.59. The summed E-state index contributed by atoms with van der Waals surface area (Å²) in [4.78, 5) is 16.5. The Hall–Kier alpha value is -2.48. The van der Waals surface area contributed by atoms with Gasteiger partial charge in [0.05, 0.1) is 16.9 Å². The van der Waals surface area contributed by atoms with Gasteiger partial charge in [-0.05, 0) is 25.1 Å². The Morgan fingerprint density at radius 2 is 2.30 bits per heavy atom. The van der Waals surface area contributed by atoms with E-state index in [0.29, 0.717) is 10.6 Å². The summed E-state index contributed by atoms with van der Waals surface area (Å²) < 4.78 is 13.2. The van der Waals surface area contributed by atoms with Gasteiger partial charge in [0.2, 0.25) is 0 Å². The number of thiazole rings is 1. The molecule has 1 amide bonds. The van der Waals surface area contributed by atoms with Gasteiger partial charge in [-0.3, -0.25) is 4.79 Å². The molecule has 1 aromatic heterocycles. The molecule has 0 aliphatic rings. The van der Waals surface area contributed by atoms with Gasteiger partial charge < -0.3 is 16.3 Å². The van der Waals surface area contributed by atoms with Crippen LogP contribution in [0.5, 0.6) is 0 Å². The third-order valence-electron chi connectivity index (χ3n) is 2.57. The van der Waals surface area contributed by atoms with Gasteiger partial charge in [-0.2, -0.15) is 0 Å². The van der Waals surface area contributed by atoms with E-state index in [1.54, 1.807) is 12.4 Å². The van der Waals surface area contributed by atoms with Gasteiger partial charge in [0.15, 0.2) is 5.84 Å². The number of hydrogen-bond donors (Lipinski definition) is 3. The standard InChI is InChI=1S/C12H11FN4O2S/c1-6-10(20-5-15-6)12(18)16-9-3-2-7(13)4-8(9)11(14)17-19/h2-5,19H,1H3,(H2,14,17)(H,16,18). The largest absolute Gasteiger partial charge is 0.409 e. The summed E-state index contributed by atoms with van der Waals surface area (Å²) in [7, 11) is 0. The molecule has 1 heterocycles. The van der Waals surface area contributed by atoms with Crippen molar-refractivity contribution in [1.82, 2.24) is 4.98 Å². The molecular weight excluding hydrogens is 283 g/mol. The molecule has 0 radical (unpaired) electrons. The number of rotatable bonds is 3. The van der Waals surface area contributed by atoms with Gasteiger partial charge in [-0.1, -0.05) is 5.16 Å². The van der Waals surface area contributed by atoms with E-state index in [4.69, 9.17) is 10.9 Å². The van der Waals surface area contributed by atoms with Crippen molar-refractivity contribution in [3.8, 4) is 0 Å². The molecule has 20 heavy (non-hydrogen) atoms. The molecule has 0 spiro atoms. The van der Waals surface area contributed by atoms with E-state index in [9.17, 15) is 9.18 Å². The Kier molecular flexibility index (Phi) is 3.94. The van der Waals surface area contributed by atoms with Crippen LogP contribution in [0.25, 0.3) is 0 Å². The summed E-state index contributed by atoms with van der Waals surface area (Å²) >= 11 is 1.19. The Bertz CT molecular complexity index is 684. The molecule has 0 fully saturated rings. The highest BCUT2D eigenvalue weighted by Gasteiger charge is 2.15. The summed E-state index contributed by atoms with van der Waals surface area (Å²) in [6.45, 7) is 1.71. The Morgan fingerprint density at radius 3 is 2.90 bits per heavy atom. The molecule has 0 saturated carbocycles. The zero-order valence-corrected chi connectivity index (χ0v) is 11.2. The van der Waals surface area contributed by atoms with Crippen molar-refractivity contribution >= 4 is 28.8 Å². The molecule has 0 saturated heterocycles. The van der Waals surface area contributed by atoms with E-state index >= 15 is 0 Å². The van der Waals surface area contributed by atoms with Gasteiger partial charge in [-0.15, -0.1) is 11.3 Å². The lowest BCUT2D eigenvalue weighted by atomic mass is 10.1. The number of nitrogens with two attached hydrogens (primary N) is 1. The summed E-state index contributed by atoms with van der Waals surface area (Å²) in [6, 6.07) is 3.59. The maximum atomic E-state index is 13.2. The van der Waals surface area contributed by atoms with Crippen LogP contribution in [0.4, 0.5) is 10.1 Å². The highest BCUT2D eigenvalue weighted by atomic mass is 32.1. The second-order valence-corrected chi connectivity index (χ2v) is 4.75. The molecule has 8 heteroatoms. The average molecular weight is 294 g/mol. The van der Waals surface area contributed by atoms with Gasteiger partial charge >= 0.3 is 0 Å². The first-order valence-corrected chi connectivity index (χ1v) is 6.39. The molecule has 2 rings (SSSR count). The van der Waals surface area contributed by atoms with Crippen LogP contribution in [0.1, 0.15) is 20.9 Å². The number of anilines is 1. The van der Waals surface area contributed by atoms with Gasteiger partial charge in [-0.25, -0.2) is 9.37 Å². The van der Waals surface area contributed by atoms with Crippen molar-refractivity contribution < 1.29 is 14.4 Å². The van der Waals surface area contributed by atoms with E-state index in [0.717, 1.165) is 6.07 Å². The number of amidine groups is 1. The van der Waals surface area contributed by atoms with Crippen LogP contribution in [0.2, 0.25) is 0 Å². The number of carbonyl (C=O) groups excluding carboxylic acids is 1. The van der Waals surface area contributed by atoms with Crippen LogP contribution in [0.15, 0.2) is 28.9 Å². The first kappa shape index (κ1) is 13.9. The van der Waals surface area contributed by atoms with Crippen molar-refractivity contribution in [3.05, 3.63) is 45.7 Å². The van der Waals surface area contributed by atoms with Crippen molar-refractivity contribution in [2.45, 2.75) is 6.92 Å². The first-order chi connectivity index (χ1) is 9.52. The Labute approximate surface area is 117 Å². The quantitative estimate of drug-likeness (QED) is 0.348. The van der Waals surface area contributed by atoms with Crippen molar-refractivity contribution in [1.29, 1.82) is 0 Å². The number of nitrogens with zero attached hydrogens (tertiary/aromatic N) is 2. The van der Waals surface area contributed by atoms with Crippen LogP contribution >= 0.6 is 11.3 Å². The normalized spacial score (nSPS) is 11.4. The van der Waals surface area contributed by atoms with Crippen LogP contribution in [0.3, 0.4) is 0 Å². The topological polar surface area (TPSA) is 101 Å². The second-order valence-electron chi connectivity index (χ2n) is 3.90. The molecule has 2 aromatic rings. The van der Waals surface area contributed by atoms with Crippen LogP contribution in [-0.2, 0) is 0 Å². The third-order valence-corrected chi connectivity index (χ3v) is 3.49. The molecule has 0 aliphatic heterocycles. The summed E-state index contributed by atoms with van der Waals surface area (Å²) in [5.74, 6) is -1.23. The maximum absolute atomic E-state index is 13.2. The van der Waals surface area contributed by atoms with Gasteiger partial charge in [0, 0.05) is 5.56 Å². The SMILES string of the molecule is Cc1ncsc1C(=O)Nc1ccc(F)cc1/C(N)=N/O. The van der Waals surface area contributed by atoms with Crippen LogP contribution in [0, 0.1) is 12.7 Å². The summed E-state index contributed by atoms with van der Waals surface area (Å²) in [6.07, 6.45) is 0. The highest BCUT2D eigenvalue weighted by Crippen LogP contribution is 2.20. The van der Waals surface area contributed by atoms with E-state index in [-0.39, 0.29) is 23.0 Å². The van der Waals surface area contributed by atoms with Crippen molar-refractivity contribution in [2.24, 2.45) is 10.9 Å². The number of nitrogens with one attached hydrogen (secondary N) is 1. The maximum Gasteiger partial charge on any atom is 0.267 e. The zero-order chi connectivity index (χ0) is 14.7. The minimum atomic E-state index is -0.557. The lowest BCUT2D eigenvalue weighted by Crippen LogP contribution is -2.19. The first-order valence-electron chi connectivity index (χ1n) is 5.52. The molecule has 104 valence electrons. The smallest absolute Gasteiger partial charge is 0.267 e. The number of benzene rings is 1. The monoisotopic (exact) mass is 294 g/mol. The number of carbonyl (C=O) groups is 1. The van der Waals surface area contributed by atoms with E-state index in [1.165, 1.54) is 23.5 Å². The number of amides is 1. The molecule has 6 nitrogen and oxygen atoms in total. The minimum Gasteiger partial charge on any atom is -0.409 e. The number of halogens is 1. The molecule has 0 unspecified atom stereocenters. The average Bonchev–Trinajstić information content (AvgIpc) is 2.86. The molecule has 0 aliphatic carbocycles. The summed E-state index contributed by atoms with van der Waals surface area (Å²) in [5, 5.41) is 14.1. The number of aryl methyl sites for hydroxylation is 1. The van der Waals surface area contributed by atoms with Gasteiger partial charge in [0.25, 0.3) is 5.91 Å². The van der Waals surface area contributed by atoms with E-state index in [1.807, 2.05) is 0 Å². The van der Waals surface area contributed by atoms with Crippen molar-refractivity contribution in [2.75, 3.05) is 5.32 Å². The number of hydrogen-bond acceptors (Lipinski definition) is 5. The fraction of sp³-hybridized carbons (Fsp3) is 0.0833. The predicted octanol–water partition coefficient (Wildman–Crippen LogP) is 1.94. The Balaban J connectivity index is 2.35. The predicted molar refractivity (Wildman–Crippen MR) is 73.7 cm³/mol. The van der Waals surface area contributed by atoms with Crippen LogP contribution in [-0.4, -0.2) is 21.9 Å². The van der Waals surface area contributed by atoms with E-state index < -0.39 is 5.82 Å². The number of aromatic nitrogens is 1. The van der Waals surface area contributed by atoms with Crippen LogP contribution < -0.4 is 11.1 Å². The minimum absolute atomic E-state index is 0.100. The van der Waals surface area contributed by atoms with Gasteiger partial charge in [0.1, 0.15) is 10.7 Å². The summed E-state index contributed by atoms with van der Waals surface area (Å²) in [5.41, 5.74) is 7.96. The Morgan fingerprint density at radius 1 is 1.55 bits per heavy atom. The molecule has 1 aromatic carbocycles. The molecular formula is C12H11FN4O2S.